The van der Waals surface area contributed by atoms with Crippen LogP contribution in [0.3, 0.4) is 0 Å². The molecule has 0 aliphatic carbocycles. The van der Waals surface area contributed by atoms with Crippen LogP contribution in [-0.2, 0) is 17.6 Å². The Morgan fingerprint density at radius 2 is 1.70 bits per heavy atom. The van der Waals surface area contributed by atoms with Crippen LogP contribution in [0.4, 0.5) is 4.79 Å². The molecule has 1 aromatic heterocycles. The number of ether oxygens (including phenoxy) is 1. The Hall–Kier alpha value is -2.13. The summed E-state index contributed by atoms with van der Waals surface area (Å²) in [5.74, 6) is 0. The number of rotatable bonds is 3. The first-order valence-electron chi connectivity index (χ1n) is 9.08. The van der Waals surface area contributed by atoms with Gasteiger partial charge in [-0.3, -0.25) is 0 Å². The van der Waals surface area contributed by atoms with Gasteiger partial charge in [-0.1, -0.05) is 0 Å². The zero-order chi connectivity index (χ0) is 19.4. The van der Waals surface area contributed by atoms with Crippen molar-refractivity contribution < 1.29 is 14.3 Å². The van der Waals surface area contributed by atoms with Crippen LogP contribution in [-0.4, -0.2) is 55.0 Å². The number of carbonyl (C=O) groups is 2. The Kier molecular flexibility index (Phi) is 6.01. The summed E-state index contributed by atoms with van der Waals surface area (Å²) in [7, 11) is 0. The van der Waals surface area contributed by atoms with E-state index in [1.54, 1.807) is 29.4 Å². The molecule has 6 heteroatoms. The van der Waals surface area contributed by atoms with Crippen molar-refractivity contribution in [3.63, 3.8) is 0 Å². The van der Waals surface area contributed by atoms with E-state index in [1.165, 1.54) is 11.1 Å². The molecule has 0 saturated carbocycles. The molecule has 0 fully saturated rings. The van der Waals surface area contributed by atoms with Gasteiger partial charge >= 0.3 is 167 Å². The Morgan fingerprint density at radius 3 is 2.37 bits per heavy atom. The van der Waals surface area contributed by atoms with Crippen molar-refractivity contribution in [2.75, 3.05) is 13.1 Å². The first-order valence-corrected chi connectivity index (χ1v) is 11.0. The second kappa shape index (κ2) is 8.26. The fraction of sp³-hybridized carbons (Fsp3) is 0.381. The van der Waals surface area contributed by atoms with Crippen LogP contribution in [0.1, 0.15) is 42.3 Å². The second-order valence-corrected chi connectivity index (χ2v) is 9.98. The summed E-state index contributed by atoms with van der Waals surface area (Å²) in [4.78, 5) is 30.6. The van der Waals surface area contributed by atoms with E-state index in [4.69, 9.17) is 4.74 Å². The monoisotopic (exact) mass is 427 g/mol. The predicted octanol–water partition coefficient (Wildman–Crippen LogP) is 2.59. The molecule has 3 rings (SSSR count). The van der Waals surface area contributed by atoms with E-state index in [2.05, 4.69) is 23.2 Å². The van der Waals surface area contributed by atoms with Gasteiger partial charge in [0.1, 0.15) is 0 Å². The quantitative estimate of drug-likeness (QED) is 0.707. The van der Waals surface area contributed by atoms with Gasteiger partial charge in [-0.15, -0.1) is 0 Å². The fourth-order valence-corrected chi connectivity index (χ4v) is 4.82. The van der Waals surface area contributed by atoms with Crippen LogP contribution in [0.5, 0.6) is 0 Å². The maximum absolute atomic E-state index is 12.5. The molecular formula is C21H24AsN2O3. The van der Waals surface area contributed by atoms with E-state index in [-0.39, 0.29) is 10.7 Å². The Labute approximate surface area is 166 Å². The third-order valence-electron chi connectivity index (χ3n) is 4.30. The molecule has 0 N–H and O–H groups in total. The molecule has 0 atom stereocenters. The summed E-state index contributed by atoms with van der Waals surface area (Å²) in [6, 6.07) is 9.84. The maximum atomic E-state index is 12.5. The summed E-state index contributed by atoms with van der Waals surface area (Å²) in [5.41, 5.74) is 2.72. The molecule has 0 unspecified atom stereocenters. The molecule has 1 aliphatic heterocycles. The number of hydrogen-bond donors (Lipinski definition) is 0. The molecule has 1 amide bonds. The van der Waals surface area contributed by atoms with Crippen molar-refractivity contribution in [2.24, 2.45) is 0 Å². The van der Waals surface area contributed by atoms with Gasteiger partial charge in [0.15, 0.2) is 0 Å². The number of benzene rings is 1. The number of nitrogens with zero attached hydrogens (tertiary/aromatic N) is 2. The number of hydrogen-bond acceptors (Lipinski definition) is 4. The van der Waals surface area contributed by atoms with Crippen LogP contribution in [0.15, 0.2) is 42.7 Å². The first-order chi connectivity index (χ1) is 12.8. The summed E-state index contributed by atoms with van der Waals surface area (Å²) in [6.07, 6.45) is 4.64. The van der Waals surface area contributed by atoms with E-state index in [9.17, 15) is 9.59 Å². The second-order valence-electron chi connectivity index (χ2n) is 7.57. The molecule has 27 heavy (non-hydrogen) atoms. The van der Waals surface area contributed by atoms with Gasteiger partial charge in [0.05, 0.1) is 0 Å². The van der Waals surface area contributed by atoms with Crippen LogP contribution < -0.4 is 4.35 Å². The van der Waals surface area contributed by atoms with Crippen LogP contribution in [0.25, 0.3) is 0 Å². The normalized spacial score (nSPS) is 14.7. The van der Waals surface area contributed by atoms with Gasteiger partial charge in [-0.25, -0.2) is 0 Å². The average Bonchev–Trinajstić information content (AvgIpc) is 2.83. The number of carbonyl (C=O) groups excluding carboxylic acids is 2. The molecule has 1 aliphatic rings. The van der Waals surface area contributed by atoms with E-state index in [0.717, 1.165) is 22.8 Å². The van der Waals surface area contributed by atoms with Gasteiger partial charge < -0.3 is 0 Å². The van der Waals surface area contributed by atoms with Gasteiger partial charge in [-0.05, 0) is 0 Å². The molecular weight excluding hydrogens is 403 g/mol. The SMILES string of the molecule is CC(C)(C)OC(=O)N1CCc2ccc([As]C(=O)c3ccncc3)cc2CC1. The standard InChI is InChI=1S/C21H24AsN2O3/c1-21(2,3)27-20(26)24-12-8-15-4-5-18(14-17(15)9-13-24)22-19(25)16-6-10-23-11-7-16/h4-7,10-11,14H,8-9,12-13H2,1-3H3. The van der Waals surface area contributed by atoms with E-state index < -0.39 is 21.4 Å². The molecule has 2 heterocycles. The summed E-state index contributed by atoms with van der Waals surface area (Å²) >= 11 is -0.590. The van der Waals surface area contributed by atoms with Gasteiger partial charge in [0, 0.05) is 0 Å². The van der Waals surface area contributed by atoms with Crippen LogP contribution in [0, 0.1) is 0 Å². The molecule has 0 saturated heterocycles. The van der Waals surface area contributed by atoms with Crippen LogP contribution in [0.2, 0.25) is 0 Å². The third kappa shape index (κ3) is 5.43. The summed E-state index contributed by atoms with van der Waals surface area (Å²) < 4.78 is 6.77. The molecule has 1 radical (unpaired) electrons. The van der Waals surface area contributed by atoms with Gasteiger partial charge in [0.2, 0.25) is 0 Å². The van der Waals surface area contributed by atoms with Crippen molar-refractivity contribution in [1.82, 2.24) is 9.88 Å². The van der Waals surface area contributed by atoms with Crippen molar-refractivity contribution in [3.8, 4) is 0 Å². The molecule has 5 nitrogen and oxygen atoms in total. The van der Waals surface area contributed by atoms with Gasteiger partial charge in [0.25, 0.3) is 0 Å². The minimum atomic E-state index is -0.590. The molecule has 1 aromatic carbocycles. The van der Waals surface area contributed by atoms with Crippen molar-refractivity contribution in [1.29, 1.82) is 0 Å². The molecule has 0 spiro atoms. The zero-order valence-corrected chi connectivity index (χ0v) is 17.8. The molecule has 2 aromatic rings. The van der Waals surface area contributed by atoms with Gasteiger partial charge in [-0.2, -0.15) is 0 Å². The first kappa shape index (κ1) is 19.6. The van der Waals surface area contributed by atoms with E-state index in [1.807, 2.05) is 20.8 Å². The third-order valence-corrected chi connectivity index (χ3v) is 6.39. The molecule has 0 bridgehead atoms. The van der Waals surface area contributed by atoms with Crippen molar-refractivity contribution >= 4 is 30.8 Å². The molecule has 141 valence electrons. The Bertz CT molecular complexity index is 831. The minimum absolute atomic E-state index is 0.178. The van der Waals surface area contributed by atoms with E-state index >= 15 is 0 Å². The predicted molar refractivity (Wildman–Crippen MR) is 106 cm³/mol. The van der Waals surface area contributed by atoms with Crippen LogP contribution >= 0.6 is 0 Å². The van der Waals surface area contributed by atoms with Crippen molar-refractivity contribution in [2.45, 2.75) is 39.2 Å². The summed E-state index contributed by atoms with van der Waals surface area (Å²) in [6.45, 7) is 6.94. The number of pyridine rings is 1. The number of fused-ring (bicyclic) bond motifs is 1. The summed E-state index contributed by atoms with van der Waals surface area (Å²) in [5, 5.41) is 0. The van der Waals surface area contributed by atoms with E-state index in [0.29, 0.717) is 13.1 Å². The number of amides is 1. The van der Waals surface area contributed by atoms with Crippen molar-refractivity contribution in [3.05, 3.63) is 59.4 Å². The number of aromatic nitrogens is 1. The average molecular weight is 427 g/mol. The fourth-order valence-electron chi connectivity index (χ4n) is 2.97. The zero-order valence-electron chi connectivity index (χ0n) is 15.9. The Balaban J connectivity index is 1.67. The Morgan fingerprint density at radius 1 is 1.04 bits per heavy atom. The topological polar surface area (TPSA) is 59.5 Å².